The average Bonchev–Trinajstić information content (AvgIpc) is 2.71. The number of aromatic nitrogens is 2. The molecule has 0 spiro atoms. The largest absolute Gasteiger partial charge is 0.494 e. The van der Waals surface area contributed by atoms with Gasteiger partial charge in [0.25, 0.3) is 0 Å². The molecule has 19 heavy (non-hydrogen) atoms. The molecular formula is C15H21N3O. The lowest BCUT2D eigenvalue weighted by Crippen LogP contribution is -2.11. The Morgan fingerprint density at radius 3 is 2.68 bits per heavy atom. The molecule has 0 aliphatic carbocycles. The number of hydrogen-bond acceptors (Lipinski definition) is 3. The van der Waals surface area contributed by atoms with Crippen LogP contribution in [0.4, 0.5) is 0 Å². The monoisotopic (exact) mass is 259 g/mol. The first kappa shape index (κ1) is 13.6. The number of rotatable bonds is 5. The number of nitrogens with zero attached hydrogens (tertiary/aromatic N) is 2. The Morgan fingerprint density at radius 1 is 1.26 bits per heavy atom. The minimum atomic E-state index is 0.841. The molecule has 1 aromatic heterocycles. The Labute approximate surface area is 114 Å². The van der Waals surface area contributed by atoms with E-state index >= 15 is 0 Å². The molecule has 0 bridgehead atoms. The lowest BCUT2D eigenvalue weighted by Gasteiger charge is -2.10. The summed E-state index contributed by atoms with van der Waals surface area (Å²) in [6.07, 6.45) is 0.989. The number of aryl methyl sites for hydroxylation is 1. The number of benzene rings is 1. The fraction of sp³-hybridized carbons (Fsp3) is 0.400. The van der Waals surface area contributed by atoms with Crippen LogP contribution in [0, 0.1) is 13.8 Å². The van der Waals surface area contributed by atoms with Gasteiger partial charge in [0.15, 0.2) is 0 Å². The second-order valence-corrected chi connectivity index (χ2v) is 4.59. The zero-order valence-corrected chi connectivity index (χ0v) is 12.0. The third kappa shape index (κ3) is 2.63. The summed E-state index contributed by atoms with van der Waals surface area (Å²) in [7, 11) is 3.65. The van der Waals surface area contributed by atoms with E-state index in [2.05, 4.69) is 24.3 Å². The van der Waals surface area contributed by atoms with E-state index in [1.807, 2.05) is 36.0 Å². The van der Waals surface area contributed by atoms with Crippen molar-refractivity contribution in [2.75, 3.05) is 20.7 Å². The molecule has 0 unspecified atom stereocenters. The summed E-state index contributed by atoms with van der Waals surface area (Å²) < 4.78 is 7.38. The molecule has 0 fully saturated rings. The van der Waals surface area contributed by atoms with Crippen molar-refractivity contribution in [1.82, 2.24) is 15.1 Å². The first-order valence-electron chi connectivity index (χ1n) is 6.52. The Morgan fingerprint density at radius 2 is 2.00 bits per heavy atom. The van der Waals surface area contributed by atoms with Gasteiger partial charge in [0.1, 0.15) is 11.4 Å². The van der Waals surface area contributed by atoms with Gasteiger partial charge in [-0.15, -0.1) is 0 Å². The summed E-state index contributed by atoms with van der Waals surface area (Å²) >= 11 is 0. The topological polar surface area (TPSA) is 39.1 Å². The second-order valence-electron chi connectivity index (χ2n) is 4.59. The molecule has 0 aliphatic heterocycles. The van der Waals surface area contributed by atoms with E-state index in [0.717, 1.165) is 30.1 Å². The first-order valence-corrected chi connectivity index (χ1v) is 6.52. The van der Waals surface area contributed by atoms with Crippen LogP contribution in [0.3, 0.4) is 0 Å². The number of ether oxygens (including phenoxy) is 1. The van der Waals surface area contributed by atoms with Crippen molar-refractivity contribution in [2.45, 2.75) is 20.3 Å². The van der Waals surface area contributed by atoms with Crippen LogP contribution in [0.5, 0.6) is 5.75 Å². The van der Waals surface area contributed by atoms with Gasteiger partial charge in [-0.1, -0.05) is 12.1 Å². The van der Waals surface area contributed by atoms with Crippen LogP contribution >= 0.6 is 0 Å². The fourth-order valence-electron chi connectivity index (χ4n) is 2.33. The van der Waals surface area contributed by atoms with Crippen LogP contribution in [-0.4, -0.2) is 30.5 Å². The fourth-order valence-corrected chi connectivity index (χ4v) is 2.33. The molecule has 1 aromatic carbocycles. The van der Waals surface area contributed by atoms with Crippen LogP contribution in [0.2, 0.25) is 0 Å². The molecule has 1 heterocycles. The van der Waals surface area contributed by atoms with E-state index in [9.17, 15) is 0 Å². The lowest BCUT2D eigenvalue weighted by atomic mass is 10.1. The Balaban J connectivity index is 2.45. The van der Waals surface area contributed by atoms with Gasteiger partial charge < -0.3 is 10.1 Å². The second kappa shape index (κ2) is 5.89. The van der Waals surface area contributed by atoms with Crippen molar-refractivity contribution >= 4 is 0 Å². The average molecular weight is 259 g/mol. The summed E-state index contributed by atoms with van der Waals surface area (Å²) in [5.74, 6) is 0.841. The zero-order valence-electron chi connectivity index (χ0n) is 12.0. The molecule has 0 saturated carbocycles. The number of para-hydroxylation sites is 2. The summed E-state index contributed by atoms with van der Waals surface area (Å²) in [5, 5.41) is 7.83. The third-order valence-corrected chi connectivity index (χ3v) is 3.38. The lowest BCUT2D eigenvalue weighted by molar-refractivity contribution is 0.411. The standard InChI is InChI=1S/C15H21N3O/c1-11-13(9-10-16-3)12(2)18(17-11)14-7-5-6-8-15(14)19-4/h5-8,16H,9-10H2,1-4H3. The highest BCUT2D eigenvalue weighted by Gasteiger charge is 2.14. The van der Waals surface area contributed by atoms with Gasteiger partial charge in [0.2, 0.25) is 0 Å². The Kier molecular flexibility index (Phi) is 4.22. The van der Waals surface area contributed by atoms with E-state index in [0.29, 0.717) is 0 Å². The van der Waals surface area contributed by atoms with Crippen molar-refractivity contribution in [3.63, 3.8) is 0 Å². The van der Waals surface area contributed by atoms with Gasteiger partial charge in [-0.05, 0) is 51.6 Å². The van der Waals surface area contributed by atoms with Crippen molar-refractivity contribution in [3.8, 4) is 11.4 Å². The summed E-state index contributed by atoms with van der Waals surface area (Å²) in [6.45, 7) is 5.13. The molecule has 0 atom stereocenters. The summed E-state index contributed by atoms with van der Waals surface area (Å²) in [6, 6.07) is 7.96. The maximum atomic E-state index is 5.41. The number of nitrogens with one attached hydrogen (secondary N) is 1. The molecule has 0 amide bonds. The van der Waals surface area contributed by atoms with Gasteiger partial charge >= 0.3 is 0 Å². The highest BCUT2D eigenvalue weighted by Crippen LogP contribution is 2.25. The predicted octanol–water partition coefficient (Wildman–Crippen LogP) is 2.26. The molecule has 0 saturated heterocycles. The summed E-state index contributed by atoms with van der Waals surface area (Å²) in [4.78, 5) is 0. The molecule has 2 rings (SSSR count). The molecule has 0 aliphatic rings. The molecule has 0 radical (unpaired) electrons. The maximum absolute atomic E-state index is 5.41. The third-order valence-electron chi connectivity index (χ3n) is 3.38. The minimum Gasteiger partial charge on any atom is -0.494 e. The van der Waals surface area contributed by atoms with Crippen molar-refractivity contribution < 1.29 is 4.74 Å². The normalized spacial score (nSPS) is 10.7. The van der Waals surface area contributed by atoms with Gasteiger partial charge in [0, 0.05) is 5.69 Å². The van der Waals surface area contributed by atoms with Crippen molar-refractivity contribution in [1.29, 1.82) is 0 Å². The van der Waals surface area contributed by atoms with Crippen LogP contribution in [0.15, 0.2) is 24.3 Å². The smallest absolute Gasteiger partial charge is 0.144 e. The first-order chi connectivity index (χ1) is 9.19. The highest BCUT2D eigenvalue weighted by molar-refractivity contribution is 5.48. The van der Waals surface area contributed by atoms with E-state index in [1.54, 1.807) is 7.11 Å². The number of methoxy groups -OCH3 is 1. The SMILES string of the molecule is CNCCc1c(C)nn(-c2ccccc2OC)c1C. The minimum absolute atomic E-state index is 0.841. The molecule has 1 N–H and O–H groups in total. The van der Waals surface area contributed by atoms with Crippen LogP contribution in [0.25, 0.3) is 5.69 Å². The molecule has 2 aromatic rings. The van der Waals surface area contributed by atoms with Crippen molar-refractivity contribution in [2.24, 2.45) is 0 Å². The van der Waals surface area contributed by atoms with E-state index in [4.69, 9.17) is 4.74 Å². The molecular weight excluding hydrogens is 238 g/mol. The van der Waals surface area contributed by atoms with Crippen molar-refractivity contribution in [3.05, 3.63) is 41.2 Å². The van der Waals surface area contributed by atoms with E-state index < -0.39 is 0 Å². The quantitative estimate of drug-likeness (QED) is 0.895. The van der Waals surface area contributed by atoms with Gasteiger partial charge in [-0.3, -0.25) is 0 Å². The number of hydrogen-bond donors (Lipinski definition) is 1. The molecule has 4 heteroatoms. The predicted molar refractivity (Wildman–Crippen MR) is 77.2 cm³/mol. The van der Waals surface area contributed by atoms with Gasteiger partial charge in [0.05, 0.1) is 12.8 Å². The number of likely N-dealkylation sites (N-methyl/N-ethyl adjacent to an activating group) is 1. The molecule has 4 nitrogen and oxygen atoms in total. The molecule has 102 valence electrons. The van der Waals surface area contributed by atoms with Crippen LogP contribution < -0.4 is 10.1 Å². The Hall–Kier alpha value is -1.81. The van der Waals surface area contributed by atoms with Crippen LogP contribution in [0.1, 0.15) is 17.0 Å². The van der Waals surface area contributed by atoms with E-state index in [1.165, 1.54) is 11.3 Å². The zero-order chi connectivity index (χ0) is 13.8. The van der Waals surface area contributed by atoms with Crippen LogP contribution in [-0.2, 0) is 6.42 Å². The van der Waals surface area contributed by atoms with Gasteiger partial charge in [-0.2, -0.15) is 5.10 Å². The maximum Gasteiger partial charge on any atom is 0.144 e. The summed E-state index contributed by atoms with van der Waals surface area (Å²) in [5.41, 5.74) is 4.55. The highest BCUT2D eigenvalue weighted by atomic mass is 16.5. The van der Waals surface area contributed by atoms with E-state index in [-0.39, 0.29) is 0 Å². The Bertz CT molecular complexity index is 561. The van der Waals surface area contributed by atoms with Gasteiger partial charge in [-0.25, -0.2) is 4.68 Å².